The van der Waals surface area contributed by atoms with E-state index < -0.39 is 0 Å². The highest BCUT2D eigenvalue weighted by Gasteiger charge is 2.02. The second kappa shape index (κ2) is 15.4. The Morgan fingerprint density at radius 3 is 2.48 bits per heavy atom. The van der Waals surface area contributed by atoms with Crippen LogP contribution in [0.25, 0.3) is 0 Å². The van der Waals surface area contributed by atoms with Crippen molar-refractivity contribution in [1.82, 2.24) is 10.6 Å². The molecule has 0 aliphatic carbocycles. The largest absolute Gasteiger partial charge is 0.466 e. The van der Waals surface area contributed by atoms with E-state index in [9.17, 15) is 4.79 Å². The number of unbranched alkanes of at least 4 members (excludes halogenated alkanes) is 3. The minimum absolute atomic E-state index is 0. The number of halogens is 1. The topological polar surface area (TPSA) is 62.7 Å². The molecule has 1 aromatic heterocycles. The Morgan fingerprint density at radius 2 is 1.84 bits per heavy atom. The molecule has 0 spiro atoms. The van der Waals surface area contributed by atoms with Crippen molar-refractivity contribution in [3.63, 3.8) is 0 Å². The summed E-state index contributed by atoms with van der Waals surface area (Å²) in [6.07, 6.45) is 5.76. The van der Waals surface area contributed by atoms with Gasteiger partial charge in [-0.3, -0.25) is 9.79 Å². The molecule has 1 heterocycles. The third-order valence-corrected chi connectivity index (χ3v) is 4.85. The van der Waals surface area contributed by atoms with Crippen LogP contribution >= 0.6 is 35.3 Å². The van der Waals surface area contributed by atoms with Crippen LogP contribution in [0, 0.1) is 0 Å². The van der Waals surface area contributed by atoms with Gasteiger partial charge >= 0.3 is 5.97 Å². The molecule has 0 amide bonds. The minimum Gasteiger partial charge on any atom is -0.466 e. The molecule has 0 bridgehead atoms. The van der Waals surface area contributed by atoms with Crippen LogP contribution in [-0.4, -0.2) is 32.1 Å². The smallest absolute Gasteiger partial charge is 0.305 e. The minimum atomic E-state index is -0.0833. The average Bonchev–Trinajstić information content (AvgIpc) is 3.05. The van der Waals surface area contributed by atoms with Gasteiger partial charge in [0.25, 0.3) is 0 Å². The molecule has 1 aromatic rings. The highest BCUT2D eigenvalue weighted by atomic mass is 127. The molecule has 0 saturated heterocycles. The van der Waals surface area contributed by atoms with Crippen LogP contribution in [0.1, 0.15) is 55.7 Å². The summed E-state index contributed by atoms with van der Waals surface area (Å²) in [6.45, 7) is 6.19. The molecule has 7 heteroatoms. The number of ether oxygens (including phenoxy) is 1. The van der Waals surface area contributed by atoms with Crippen LogP contribution in [0.2, 0.25) is 0 Å². The number of aliphatic imine (C=N–C) groups is 1. The van der Waals surface area contributed by atoms with Crippen LogP contribution in [-0.2, 0) is 22.5 Å². The molecule has 2 N–H and O–H groups in total. The van der Waals surface area contributed by atoms with E-state index in [-0.39, 0.29) is 29.9 Å². The maximum atomic E-state index is 11.2. The molecule has 1 rings (SSSR count). The number of aryl methyl sites for hydroxylation is 1. The van der Waals surface area contributed by atoms with Crippen LogP contribution in [0.4, 0.5) is 0 Å². The molecule has 5 nitrogen and oxygen atoms in total. The molecule has 0 aliphatic rings. The van der Waals surface area contributed by atoms with Crippen LogP contribution in [0.3, 0.4) is 0 Å². The van der Waals surface area contributed by atoms with Gasteiger partial charge in [0.15, 0.2) is 5.96 Å². The van der Waals surface area contributed by atoms with E-state index in [1.54, 1.807) is 7.05 Å². The van der Waals surface area contributed by atoms with Crippen molar-refractivity contribution in [2.45, 2.75) is 58.9 Å². The van der Waals surface area contributed by atoms with E-state index in [1.165, 1.54) is 9.75 Å². The number of carbonyl (C=O) groups is 1. The Hall–Kier alpha value is -0.830. The van der Waals surface area contributed by atoms with Gasteiger partial charge in [-0.05, 0) is 38.3 Å². The van der Waals surface area contributed by atoms with Crippen molar-refractivity contribution in [1.29, 1.82) is 0 Å². The number of guanidine groups is 1. The molecule has 0 saturated carbocycles. The van der Waals surface area contributed by atoms with Gasteiger partial charge in [-0.15, -0.1) is 35.3 Å². The molecule has 0 atom stereocenters. The first kappa shape index (κ1) is 24.2. The highest BCUT2D eigenvalue weighted by Crippen LogP contribution is 2.16. The van der Waals surface area contributed by atoms with Crippen molar-refractivity contribution in [2.24, 2.45) is 4.99 Å². The van der Waals surface area contributed by atoms with Gasteiger partial charge in [-0.1, -0.05) is 19.8 Å². The molecule has 0 unspecified atom stereocenters. The van der Waals surface area contributed by atoms with Gasteiger partial charge in [0.2, 0.25) is 0 Å². The monoisotopic (exact) mass is 481 g/mol. The third-order valence-electron chi connectivity index (χ3n) is 3.62. The van der Waals surface area contributed by atoms with Gasteiger partial charge in [-0.2, -0.15) is 0 Å². The molecule has 0 aromatic carbocycles. The number of nitrogens with zero attached hydrogens (tertiary/aromatic N) is 1. The van der Waals surface area contributed by atoms with Gasteiger partial charge in [0.1, 0.15) is 0 Å². The fraction of sp³-hybridized carbons (Fsp3) is 0.667. The zero-order valence-corrected chi connectivity index (χ0v) is 18.7. The standard InChI is InChI=1S/C18H31N3O2S.HI/c1-4-15-11-12-16(24-15)14-21-18(19-3)20-13-9-7-6-8-10-17(22)23-5-2;/h11-12H,4-10,13-14H2,1-3H3,(H2,19,20,21);1H. The lowest BCUT2D eigenvalue weighted by molar-refractivity contribution is -0.143. The summed E-state index contributed by atoms with van der Waals surface area (Å²) in [5.74, 6) is 0.757. The number of hydrogen-bond acceptors (Lipinski definition) is 4. The van der Waals surface area contributed by atoms with E-state index in [1.807, 2.05) is 18.3 Å². The summed E-state index contributed by atoms with van der Waals surface area (Å²) in [5.41, 5.74) is 0. The lowest BCUT2D eigenvalue weighted by Crippen LogP contribution is -2.37. The normalized spacial score (nSPS) is 10.9. The second-order valence-corrected chi connectivity index (χ2v) is 6.80. The van der Waals surface area contributed by atoms with Crippen LogP contribution in [0.5, 0.6) is 0 Å². The van der Waals surface area contributed by atoms with Gasteiger partial charge < -0.3 is 15.4 Å². The highest BCUT2D eigenvalue weighted by molar-refractivity contribution is 14.0. The van der Waals surface area contributed by atoms with Gasteiger partial charge in [0.05, 0.1) is 13.2 Å². The molecule has 0 fully saturated rings. The van der Waals surface area contributed by atoms with E-state index in [0.29, 0.717) is 13.0 Å². The molecular formula is C18H32IN3O2S. The Morgan fingerprint density at radius 1 is 1.12 bits per heavy atom. The summed E-state index contributed by atoms with van der Waals surface area (Å²) in [5, 5.41) is 6.67. The summed E-state index contributed by atoms with van der Waals surface area (Å²) >= 11 is 1.85. The predicted octanol–water partition coefficient (Wildman–Crippen LogP) is 4.11. The first-order valence-corrected chi connectivity index (χ1v) is 9.69. The van der Waals surface area contributed by atoms with E-state index in [0.717, 1.165) is 51.2 Å². The Labute approximate surface area is 173 Å². The Balaban J connectivity index is 0.00000576. The van der Waals surface area contributed by atoms with Crippen molar-refractivity contribution < 1.29 is 9.53 Å². The molecule has 25 heavy (non-hydrogen) atoms. The fourth-order valence-electron chi connectivity index (χ4n) is 2.29. The third kappa shape index (κ3) is 11.4. The zero-order valence-electron chi connectivity index (χ0n) is 15.6. The first-order valence-electron chi connectivity index (χ1n) is 8.87. The average molecular weight is 481 g/mol. The lowest BCUT2D eigenvalue weighted by Gasteiger charge is -2.11. The maximum absolute atomic E-state index is 11.2. The number of thiophene rings is 1. The van der Waals surface area contributed by atoms with Crippen molar-refractivity contribution in [3.8, 4) is 0 Å². The number of nitrogens with one attached hydrogen (secondary N) is 2. The van der Waals surface area contributed by atoms with E-state index in [4.69, 9.17) is 4.74 Å². The number of rotatable bonds is 11. The number of esters is 1. The second-order valence-electron chi connectivity index (χ2n) is 5.54. The van der Waals surface area contributed by atoms with E-state index >= 15 is 0 Å². The Bertz CT molecular complexity index is 506. The molecule has 144 valence electrons. The van der Waals surface area contributed by atoms with E-state index in [2.05, 4.69) is 34.7 Å². The number of carbonyl (C=O) groups excluding carboxylic acids is 1. The van der Waals surface area contributed by atoms with Crippen LogP contribution in [0.15, 0.2) is 17.1 Å². The van der Waals surface area contributed by atoms with Crippen molar-refractivity contribution in [3.05, 3.63) is 21.9 Å². The predicted molar refractivity (Wildman–Crippen MR) is 117 cm³/mol. The van der Waals surface area contributed by atoms with Gasteiger partial charge in [0, 0.05) is 29.8 Å². The quantitative estimate of drug-likeness (QED) is 0.164. The molecule has 0 radical (unpaired) electrons. The maximum Gasteiger partial charge on any atom is 0.305 e. The summed E-state index contributed by atoms with van der Waals surface area (Å²) in [7, 11) is 1.79. The summed E-state index contributed by atoms with van der Waals surface area (Å²) in [4.78, 5) is 18.2. The fourth-order valence-corrected chi connectivity index (χ4v) is 3.18. The zero-order chi connectivity index (χ0) is 17.6. The first-order chi connectivity index (χ1) is 11.7. The molecular weight excluding hydrogens is 449 g/mol. The summed E-state index contributed by atoms with van der Waals surface area (Å²) in [6, 6.07) is 4.36. The Kier molecular flexibility index (Phi) is 14.9. The SMILES string of the molecule is CCOC(=O)CCCCCCNC(=NC)NCc1ccc(CC)s1.I. The lowest BCUT2D eigenvalue weighted by atomic mass is 10.1. The number of hydrogen-bond donors (Lipinski definition) is 2. The van der Waals surface area contributed by atoms with Crippen LogP contribution < -0.4 is 10.6 Å². The van der Waals surface area contributed by atoms with Gasteiger partial charge in [-0.25, -0.2) is 0 Å². The molecule has 0 aliphatic heterocycles. The van der Waals surface area contributed by atoms with Crippen molar-refractivity contribution in [2.75, 3.05) is 20.2 Å². The van der Waals surface area contributed by atoms with Crippen molar-refractivity contribution >= 4 is 47.2 Å². The summed E-state index contributed by atoms with van der Waals surface area (Å²) < 4.78 is 4.91.